The quantitative estimate of drug-likeness (QED) is 0.597. The normalized spacial score (nSPS) is 10.8. The summed E-state index contributed by atoms with van der Waals surface area (Å²) < 4.78 is 23.0. The topological polar surface area (TPSA) is 63.1 Å². The van der Waals surface area contributed by atoms with Gasteiger partial charge in [-0.05, 0) is 36.8 Å². The van der Waals surface area contributed by atoms with Gasteiger partial charge in [-0.15, -0.1) is 0 Å². The molecule has 1 heterocycles. The van der Waals surface area contributed by atoms with Gasteiger partial charge < -0.3 is 24.8 Å². The number of aromatic nitrogens is 1. The van der Waals surface area contributed by atoms with Crippen LogP contribution in [0, 0.1) is 6.92 Å². The number of pyridine rings is 1. The van der Waals surface area contributed by atoms with Crippen LogP contribution in [-0.4, -0.2) is 28.4 Å². The highest BCUT2D eigenvalue weighted by atomic mass is 16.5. The minimum absolute atomic E-state index is 0.589. The Bertz CT molecular complexity index is 1030. The van der Waals surface area contributed by atoms with E-state index in [-0.39, 0.29) is 0 Å². The molecule has 0 aliphatic rings. The first-order chi connectivity index (χ1) is 13.5. The van der Waals surface area contributed by atoms with E-state index in [2.05, 4.69) is 6.92 Å². The van der Waals surface area contributed by atoms with E-state index in [1.54, 1.807) is 28.4 Å². The third kappa shape index (κ3) is 3.05. The van der Waals surface area contributed by atoms with Crippen molar-refractivity contribution in [1.29, 1.82) is 0 Å². The summed E-state index contributed by atoms with van der Waals surface area (Å²) in [7, 11) is 6.40. The van der Waals surface area contributed by atoms with Gasteiger partial charge in [-0.25, -0.2) is 0 Å². The van der Waals surface area contributed by atoms with Crippen LogP contribution in [0.3, 0.4) is 0 Å². The van der Waals surface area contributed by atoms with Crippen molar-refractivity contribution in [2.45, 2.75) is 20.3 Å². The molecule has 0 aliphatic heterocycles. The van der Waals surface area contributed by atoms with Gasteiger partial charge in [-0.3, -0.25) is 4.68 Å². The van der Waals surface area contributed by atoms with E-state index in [1.165, 1.54) is 4.68 Å². The van der Waals surface area contributed by atoms with Crippen molar-refractivity contribution < 1.29 is 23.6 Å². The fourth-order valence-corrected chi connectivity index (χ4v) is 3.64. The summed E-state index contributed by atoms with van der Waals surface area (Å²) in [6.45, 7) is 3.97. The zero-order valence-electron chi connectivity index (χ0n) is 17.1. The second-order valence-electron chi connectivity index (χ2n) is 6.40. The second kappa shape index (κ2) is 7.84. The molecule has 0 saturated carbocycles. The Hall–Kier alpha value is -3.15. The average molecular weight is 381 g/mol. The largest absolute Gasteiger partial charge is 0.494 e. The van der Waals surface area contributed by atoms with Crippen molar-refractivity contribution in [3.63, 3.8) is 0 Å². The molecule has 6 nitrogen and oxygen atoms in total. The van der Waals surface area contributed by atoms with E-state index in [0.717, 1.165) is 34.0 Å². The van der Waals surface area contributed by atoms with Crippen molar-refractivity contribution in [3.8, 4) is 34.3 Å². The fourth-order valence-electron chi connectivity index (χ4n) is 3.64. The molecule has 0 N–H and O–H groups in total. The number of benzene rings is 2. The predicted octanol–water partition coefficient (Wildman–Crippen LogP) is 4.30. The lowest BCUT2D eigenvalue weighted by Crippen LogP contribution is -2.32. The predicted molar refractivity (Wildman–Crippen MR) is 109 cm³/mol. The van der Waals surface area contributed by atoms with E-state index < -0.39 is 0 Å². The van der Waals surface area contributed by atoms with Crippen LogP contribution in [0.25, 0.3) is 27.9 Å². The Labute approximate surface area is 165 Å². The average Bonchev–Trinajstić information content (AvgIpc) is 2.73. The molecule has 0 saturated heterocycles. The number of hydrogen-bond donors (Lipinski definition) is 0. The lowest BCUT2D eigenvalue weighted by Gasteiger charge is -2.18. The standard InChI is InChI=1S/C22H25N2O4/c1-7-15-13(2)24(23)22(14-8-9-18(25-3)19(10-14)26-4)17-12-21(28-6)20(27-5)11-16(15)17/h8-12H,7H2,1-6H3. The van der Waals surface area contributed by atoms with Gasteiger partial charge in [-0.1, -0.05) is 6.92 Å². The summed E-state index contributed by atoms with van der Waals surface area (Å²) in [6, 6.07) is 9.42. The number of hydrogen-bond acceptors (Lipinski definition) is 4. The van der Waals surface area contributed by atoms with Crippen molar-refractivity contribution in [2.75, 3.05) is 28.4 Å². The van der Waals surface area contributed by atoms with Crippen molar-refractivity contribution in [1.82, 2.24) is 0 Å². The van der Waals surface area contributed by atoms with Crippen LogP contribution in [0.15, 0.2) is 30.3 Å². The van der Waals surface area contributed by atoms with Gasteiger partial charge in [0, 0.05) is 17.9 Å². The third-order valence-electron chi connectivity index (χ3n) is 5.08. The zero-order chi connectivity index (χ0) is 20.4. The van der Waals surface area contributed by atoms with Crippen molar-refractivity contribution in [3.05, 3.63) is 47.4 Å². The lowest BCUT2D eigenvalue weighted by atomic mass is 9.96. The number of aryl methyl sites for hydroxylation is 1. The van der Waals surface area contributed by atoms with Crippen molar-refractivity contribution in [2.24, 2.45) is 0 Å². The molecule has 0 aliphatic carbocycles. The highest BCUT2D eigenvalue weighted by Crippen LogP contribution is 2.40. The van der Waals surface area contributed by atoms with E-state index >= 15 is 0 Å². The summed E-state index contributed by atoms with van der Waals surface area (Å²) in [4.78, 5) is 0. The highest BCUT2D eigenvalue weighted by Gasteiger charge is 2.23. The molecule has 0 amide bonds. The number of fused-ring (bicyclic) bond motifs is 1. The van der Waals surface area contributed by atoms with E-state index in [0.29, 0.717) is 28.7 Å². The van der Waals surface area contributed by atoms with Crippen molar-refractivity contribution >= 4 is 10.8 Å². The van der Waals surface area contributed by atoms with Crippen LogP contribution in [0.5, 0.6) is 23.0 Å². The molecule has 0 bridgehead atoms. The molecule has 3 rings (SSSR count). The van der Waals surface area contributed by atoms with E-state index in [9.17, 15) is 5.84 Å². The molecule has 147 valence electrons. The van der Waals surface area contributed by atoms with Gasteiger partial charge in [0.15, 0.2) is 28.7 Å². The van der Waals surface area contributed by atoms with Crippen LogP contribution in [-0.2, 0) is 6.42 Å². The third-order valence-corrected chi connectivity index (χ3v) is 5.08. The van der Waals surface area contributed by atoms with Crippen LogP contribution < -0.4 is 23.6 Å². The Balaban J connectivity index is 2.44. The Kier molecular flexibility index (Phi) is 5.49. The first-order valence-corrected chi connectivity index (χ1v) is 9.05. The Morgan fingerprint density at radius 2 is 1.32 bits per heavy atom. The van der Waals surface area contributed by atoms with Gasteiger partial charge in [0.05, 0.1) is 39.4 Å². The maximum atomic E-state index is 11.0. The van der Waals surface area contributed by atoms with E-state index in [4.69, 9.17) is 18.9 Å². The Morgan fingerprint density at radius 3 is 1.86 bits per heavy atom. The summed E-state index contributed by atoms with van der Waals surface area (Å²) in [6.07, 6.45) is 0.768. The van der Waals surface area contributed by atoms with Gasteiger partial charge in [0.25, 0.3) is 0 Å². The minimum atomic E-state index is 0.589. The molecule has 0 spiro atoms. The first kappa shape index (κ1) is 19.6. The van der Waals surface area contributed by atoms with Crippen LogP contribution in [0.4, 0.5) is 0 Å². The summed E-state index contributed by atoms with van der Waals surface area (Å²) in [5, 5.41) is 1.86. The molecule has 6 heteroatoms. The monoisotopic (exact) mass is 381 g/mol. The first-order valence-electron chi connectivity index (χ1n) is 9.05. The number of nitrogens with zero attached hydrogens (tertiary/aromatic N) is 2. The molecular weight excluding hydrogens is 356 g/mol. The van der Waals surface area contributed by atoms with Gasteiger partial charge >= 0.3 is 0 Å². The number of rotatable bonds is 6. The Morgan fingerprint density at radius 1 is 0.786 bits per heavy atom. The molecule has 28 heavy (non-hydrogen) atoms. The summed E-state index contributed by atoms with van der Waals surface area (Å²) in [5.41, 5.74) is 3.25. The molecule has 2 aromatic carbocycles. The molecule has 0 atom stereocenters. The second-order valence-corrected chi connectivity index (χ2v) is 6.40. The van der Waals surface area contributed by atoms with Gasteiger partial charge in [0.1, 0.15) is 0 Å². The van der Waals surface area contributed by atoms with Crippen LogP contribution in [0.1, 0.15) is 18.2 Å². The maximum absolute atomic E-state index is 11.0. The SMILES string of the molecule is CCc1c(C)[n+]([N-])c(-c2ccc(OC)c(OC)c2)c2cc(OC)c(OC)cc12. The lowest BCUT2D eigenvalue weighted by molar-refractivity contribution is -0.600. The maximum Gasteiger partial charge on any atom is 0.215 e. The molecule has 0 fully saturated rings. The van der Waals surface area contributed by atoms with Crippen LogP contribution in [0.2, 0.25) is 0 Å². The molecule has 0 unspecified atom stereocenters. The minimum Gasteiger partial charge on any atom is -0.494 e. The zero-order valence-corrected chi connectivity index (χ0v) is 17.1. The highest BCUT2D eigenvalue weighted by molar-refractivity contribution is 5.98. The van der Waals surface area contributed by atoms with Crippen LogP contribution >= 0.6 is 0 Å². The molecular formula is C22H25N2O4. The summed E-state index contributed by atoms with van der Waals surface area (Å²) in [5.74, 6) is 13.5. The fraction of sp³-hybridized carbons (Fsp3) is 0.318. The molecule has 3 aromatic rings. The van der Waals surface area contributed by atoms with Gasteiger partial charge in [-0.2, -0.15) is 0 Å². The summed E-state index contributed by atoms with van der Waals surface area (Å²) >= 11 is 0. The molecule has 1 aromatic heterocycles. The van der Waals surface area contributed by atoms with Gasteiger partial charge in [0.2, 0.25) is 5.69 Å². The number of methoxy groups -OCH3 is 4. The number of ether oxygens (including phenoxy) is 4. The smallest absolute Gasteiger partial charge is 0.215 e. The van der Waals surface area contributed by atoms with E-state index in [1.807, 2.05) is 37.3 Å². The molecule has 1 radical (unpaired) electrons.